The van der Waals surface area contributed by atoms with Crippen molar-refractivity contribution in [2.75, 3.05) is 0 Å². The first-order valence-corrected chi connectivity index (χ1v) is 21.3. The average Bonchev–Trinajstić information content (AvgIpc) is 3.53. The summed E-state index contributed by atoms with van der Waals surface area (Å²) in [5.41, 5.74) is 15.4. The number of hydrogen-bond acceptors (Lipinski definition) is 3. The van der Waals surface area contributed by atoms with Crippen LogP contribution in [-0.2, 0) is 27.1 Å². The van der Waals surface area contributed by atoms with Gasteiger partial charge in [0.2, 0.25) is 0 Å². The standard InChI is InChI=1S/C55H65N3O/c1-33-24-25-56-47-42(33)29-38(53(8,9)10)30-43(47)34-26-35(28-37(27-34)52(5,6)7)50-57-48-41(44-31-39(54(11,12)13)32-45(49(44)59)55(14,15)16)18-17-19-46(48)58(50)40-22-20-36(21-23-40)51(2,3)4/h17-32,59H,1-16H3. The monoisotopic (exact) mass is 784 g/mol. The van der Waals surface area contributed by atoms with E-state index in [0.29, 0.717) is 5.75 Å². The third-order valence-corrected chi connectivity index (χ3v) is 12.0. The minimum absolute atomic E-state index is 0.0125. The van der Waals surface area contributed by atoms with Crippen molar-refractivity contribution in [2.24, 2.45) is 0 Å². The first-order chi connectivity index (χ1) is 27.2. The second kappa shape index (κ2) is 14.2. The van der Waals surface area contributed by atoms with Gasteiger partial charge >= 0.3 is 0 Å². The van der Waals surface area contributed by atoms with Gasteiger partial charge in [-0.1, -0.05) is 140 Å². The van der Waals surface area contributed by atoms with Crippen LogP contribution in [0.15, 0.2) is 97.2 Å². The first-order valence-electron chi connectivity index (χ1n) is 21.3. The van der Waals surface area contributed by atoms with Crippen molar-refractivity contribution in [1.29, 1.82) is 0 Å². The molecule has 0 amide bonds. The van der Waals surface area contributed by atoms with Crippen molar-refractivity contribution >= 4 is 21.9 Å². The van der Waals surface area contributed by atoms with E-state index in [4.69, 9.17) is 9.97 Å². The van der Waals surface area contributed by atoms with E-state index in [-0.39, 0.29) is 27.1 Å². The number of rotatable bonds is 4. The molecule has 0 aliphatic heterocycles. The molecule has 0 saturated carbocycles. The lowest BCUT2D eigenvalue weighted by molar-refractivity contribution is 0.446. The smallest absolute Gasteiger partial charge is 0.145 e. The van der Waals surface area contributed by atoms with Gasteiger partial charge in [0.05, 0.1) is 16.6 Å². The van der Waals surface area contributed by atoms with Crippen LogP contribution >= 0.6 is 0 Å². The molecule has 7 aromatic rings. The Morgan fingerprint density at radius 2 is 1.05 bits per heavy atom. The van der Waals surface area contributed by atoms with E-state index in [0.717, 1.165) is 61.4 Å². The van der Waals surface area contributed by atoms with Gasteiger partial charge in [-0.15, -0.1) is 0 Å². The van der Waals surface area contributed by atoms with Crippen molar-refractivity contribution in [3.8, 4) is 45.1 Å². The molecule has 0 fully saturated rings. The Morgan fingerprint density at radius 3 is 1.64 bits per heavy atom. The summed E-state index contributed by atoms with van der Waals surface area (Å²) in [5, 5.41) is 13.4. The van der Waals surface area contributed by atoms with Crippen molar-refractivity contribution in [3.63, 3.8) is 0 Å². The number of pyridine rings is 1. The third kappa shape index (κ3) is 7.96. The summed E-state index contributed by atoms with van der Waals surface area (Å²) < 4.78 is 2.32. The van der Waals surface area contributed by atoms with Crippen LogP contribution < -0.4 is 0 Å². The van der Waals surface area contributed by atoms with Crippen LogP contribution in [0.25, 0.3) is 61.3 Å². The lowest BCUT2D eigenvalue weighted by atomic mass is 9.78. The molecule has 4 heteroatoms. The fourth-order valence-electron chi connectivity index (χ4n) is 8.11. The largest absolute Gasteiger partial charge is 0.507 e. The normalized spacial score (nSPS) is 13.2. The second-order valence-electron chi connectivity index (χ2n) is 22.0. The Balaban J connectivity index is 1.60. The van der Waals surface area contributed by atoms with Gasteiger partial charge in [-0.05, 0) is 122 Å². The van der Waals surface area contributed by atoms with Gasteiger partial charge in [0, 0.05) is 45.1 Å². The van der Waals surface area contributed by atoms with Crippen LogP contribution in [-0.4, -0.2) is 19.6 Å². The van der Waals surface area contributed by atoms with E-state index in [1.165, 1.54) is 33.2 Å². The van der Waals surface area contributed by atoms with Crippen LogP contribution in [0, 0.1) is 6.92 Å². The SMILES string of the molecule is Cc1ccnc2c(-c3cc(-c4nc5c(-c6cc(C(C)(C)C)cc(C(C)(C)C)c6O)cccc5n4-c4ccc(C(C)(C)C)cc4)cc(C(C)(C)C)c3)cc(C(C)(C)C)cc12. The van der Waals surface area contributed by atoms with Crippen molar-refractivity contribution in [2.45, 2.75) is 138 Å². The molecular formula is C55H65N3O. The molecule has 1 N–H and O–H groups in total. The van der Waals surface area contributed by atoms with Crippen LogP contribution in [0.5, 0.6) is 5.75 Å². The van der Waals surface area contributed by atoms with Crippen LogP contribution in [0.3, 0.4) is 0 Å². The number of aromatic nitrogens is 3. The minimum atomic E-state index is -0.265. The third-order valence-electron chi connectivity index (χ3n) is 12.0. The van der Waals surface area contributed by atoms with E-state index in [9.17, 15) is 5.11 Å². The molecule has 5 aromatic carbocycles. The number of para-hydroxylation sites is 1. The molecule has 2 aromatic heterocycles. The van der Waals surface area contributed by atoms with Crippen LogP contribution in [0.4, 0.5) is 0 Å². The summed E-state index contributed by atoms with van der Waals surface area (Å²) >= 11 is 0. The Labute approximate surface area is 353 Å². The van der Waals surface area contributed by atoms with E-state index in [2.05, 4.69) is 206 Å². The lowest BCUT2D eigenvalue weighted by Crippen LogP contribution is -2.17. The van der Waals surface area contributed by atoms with Crippen molar-refractivity contribution < 1.29 is 5.11 Å². The van der Waals surface area contributed by atoms with E-state index >= 15 is 0 Å². The summed E-state index contributed by atoms with van der Waals surface area (Å²) in [5.74, 6) is 1.17. The van der Waals surface area contributed by atoms with Gasteiger partial charge in [-0.2, -0.15) is 0 Å². The topological polar surface area (TPSA) is 50.9 Å². The zero-order chi connectivity index (χ0) is 43.2. The highest BCUT2D eigenvalue weighted by molar-refractivity contribution is 5.99. The zero-order valence-electron chi connectivity index (χ0n) is 38.5. The minimum Gasteiger partial charge on any atom is -0.507 e. The summed E-state index contributed by atoms with van der Waals surface area (Å²) in [6.45, 7) is 35.9. The van der Waals surface area contributed by atoms with Crippen molar-refractivity contribution in [3.05, 3.63) is 131 Å². The molecule has 2 heterocycles. The van der Waals surface area contributed by atoms with Gasteiger partial charge < -0.3 is 5.11 Å². The summed E-state index contributed by atoms with van der Waals surface area (Å²) in [6, 6.07) is 33.5. The number of aromatic hydroxyl groups is 1. The molecular weight excluding hydrogens is 719 g/mol. The van der Waals surface area contributed by atoms with E-state index in [1.807, 2.05) is 6.20 Å². The number of phenolic OH excluding ortho intramolecular Hbond substituents is 1. The fourth-order valence-corrected chi connectivity index (χ4v) is 8.11. The summed E-state index contributed by atoms with van der Waals surface area (Å²) in [7, 11) is 0. The van der Waals surface area contributed by atoms with E-state index < -0.39 is 0 Å². The number of benzene rings is 5. The Hall–Kier alpha value is -5.22. The molecule has 0 spiro atoms. The maximum Gasteiger partial charge on any atom is 0.145 e. The first kappa shape index (κ1) is 41.9. The number of nitrogens with zero attached hydrogens (tertiary/aromatic N) is 3. The number of imidazole rings is 1. The fraction of sp³-hybridized carbons (Fsp3) is 0.382. The lowest BCUT2D eigenvalue weighted by Gasteiger charge is -2.27. The zero-order valence-corrected chi connectivity index (χ0v) is 38.5. The summed E-state index contributed by atoms with van der Waals surface area (Å²) in [4.78, 5) is 10.7. The second-order valence-corrected chi connectivity index (χ2v) is 22.0. The predicted molar refractivity (Wildman–Crippen MR) is 253 cm³/mol. The number of hydrogen-bond donors (Lipinski definition) is 1. The highest BCUT2D eigenvalue weighted by Gasteiger charge is 2.29. The van der Waals surface area contributed by atoms with E-state index in [1.54, 1.807) is 0 Å². The number of aryl methyl sites for hydroxylation is 1. The van der Waals surface area contributed by atoms with Gasteiger partial charge in [0.15, 0.2) is 0 Å². The quantitative estimate of drug-likeness (QED) is 0.193. The van der Waals surface area contributed by atoms with Crippen molar-refractivity contribution in [1.82, 2.24) is 14.5 Å². The molecule has 0 atom stereocenters. The Morgan fingerprint density at radius 1 is 0.492 bits per heavy atom. The molecule has 7 rings (SSSR count). The summed E-state index contributed by atoms with van der Waals surface area (Å²) in [6.07, 6.45) is 1.93. The molecule has 0 radical (unpaired) electrons. The maximum atomic E-state index is 12.2. The number of fused-ring (bicyclic) bond motifs is 2. The Bertz CT molecular complexity index is 2730. The van der Waals surface area contributed by atoms with Crippen LogP contribution in [0.1, 0.15) is 137 Å². The molecule has 4 nitrogen and oxygen atoms in total. The number of phenols is 1. The molecule has 0 bridgehead atoms. The highest BCUT2D eigenvalue weighted by atomic mass is 16.3. The van der Waals surface area contributed by atoms with Gasteiger partial charge in [0.25, 0.3) is 0 Å². The molecule has 0 unspecified atom stereocenters. The predicted octanol–water partition coefficient (Wildman–Crippen LogP) is 15.1. The molecule has 0 saturated heterocycles. The molecule has 0 aliphatic rings. The maximum absolute atomic E-state index is 12.2. The van der Waals surface area contributed by atoms with Gasteiger partial charge in [-0.25, -0.2) is 4.98 Å². The molecule has 0 aliphatic carbocycles. The molecule has 59 heavy (non-hydrogen) atoms. The van der Waals surface area contributed by atoms with Crippen LogP contribution in [0.2, 0.25) is 0 Å². The highest BCUT2D eigenvalue weighted by Crippen LogP contribution is 2.46. The average molecular weight is 784 g/mol. The van der Waals surface area contributed by atoms with Gasteiger partial charge in [-0.3, -0.25) is 9.55 Å². The molecule has 306 valence electrons. The van der Waals surface area contributed by atoms with Gasteiger partial charge in [0.1, 0.15) is 11.6 Å². The Kier molecular flexibility index (Phi) is 10.1.